The molecule has 1 heterocycles. The number of hydrogen-bond donors (Lipinski definition) is 2. The molecule has 1 aromatic rings. The molecule has 0 aliphatic rings. The normalized spacial score (nSPS) is 11.6. The number of hydrogen-bond acceptors (Lipinski definition) is 6. The molecule has 114 valence electrons. The SMILES string of the molecule is CCCOc1nc(NC)nc(NCC(C)(C)C(C)C)n1. The molecule has 0 radical (unpaired) electrons. The van der Waals surface area contributed by atoms with Crippen LogP contribution in [0.3, 0.4) is 0 Å². The molecule has 0 aliphatic heterocycles. The van der Waals surface area contributed by atoms with Gasteiger partial charge in [-0.05, 0) is 17.8 Å². The summed E-state index contributed by atoms with van der Waals surface area (Å²) in [7, 11) is 1.78. The first kappa shape index (κ1) is 16.5. The molecule has 2 N–H and O–H groups in total. The molecule has 0 unspecified atom stereocenters. The van der Waals surface area contributed by atoms with Crippen molar-refractivity contribution in [2.24, 2.45) is 11.3 Å². The van der Waals surface area contributed by atoms with E-state index in [0.717, 1.165) is 13.0 Å². The molecule has 20 heavy (non-hydrogen) atoms. The van der Waals surface area contributed by atoms with Crippen molar-refractivity contribution >= 4 is 11.9 Å². The standard InChI is InChI=1S/C14H27N5O/c1-7-8-20-13-18-11(15-6)17-12(19-13)16-9-14(4,5)10(2)3/h10H,7-9H2,1-6H3,(H2,15,16,17,18,19). The predicted octanol–water partition coefficient (Wildman–Crippen LogP) is 2.80. The Balaban J connectivity index is 2.78. The fourth-order valence-electron chi connectivity index (χ4n) is 1.32. The zero-order valence-corrected chi connectivity index (χ0v) is 13.4. The zero-order valence-electron chi connectivity index (χ0n) is 13.4. The van der Waals surface area contributed by atoms with E-state index in [1.54, 1.807) is 7.05 Å². The molecule has 1 aromatic heterocycles. The van der Waals surface area contributed by atoms with Crippen LogP contribution in [0.15, 0.2) is 0 Å². The first-order chi connectivity index (χ1) is 9.39. The van der Waals surface area contributed by atoms with Gasteiger partial charge in [0.2, 0.25) is 11.9 Å². The molecule has 6 nitrogen and oxygen atoms in total. The average molecular weight is 281 g/mol. The quantitative estimate of drug-likeness (QED) is 0.763. The van der Waals surface area contributed by atoms with Crippen LogP contribution in [0.1, 0.15) is 41.0 Å². The molecule has 0 bridgehead atoms. The van der Waals surface area contributed by atoms with Gasteiger partial charge in [-0.1, -0.05) is 34.6 Å². The minimum Gasteiger partial charge on any atom is -0.463 e. The van der Waals surface area contributed by atoms with Gasteiger partial charge in [0.1, 0.15) is 0 Å². The van der Waals surface area contributed by atoms with Crippen LogP contribution in [0.2, 0.25) is 0 Å². The second-order valence-electron chi connectivity index (χ2n) is 5.86. The van der Waals surface area contributed by atoms with Crippen LogP contribution >= 0.6 is 0 Å². The molecular weight excluding hydrogens is 254 g/mol. The van der Waals surface area contributed by atoms with Gasteiger partial charge in [-0.15, -0.1) is 0 Å². The van der Waals surface area contributed by atoms with Crippen molar-refractivity contribution in [2.75, 3.05) is 30.8 Å². The van der Waals surface area contributed by atoms with Gasteiger partial charge in [-0.25, -0.2) is 0 Å². The van der Waals surface area contributed by atoms with Crippen LogP contribution in [-0.4, -0.2) is 35.2 Å². The van der Waals surface area contributed by atoms with E-state index in [1.807, 2.05) is 6.92 Å². The van der Waals surface area contributed by atoms with E-state index in [-0.39, 0.29) is 5.41 Å². The molecule has 6 heteroatoms. The van der Waals surface area contributed by atoms with Gasteiger partial charge in [0, 0.05) is 13.6 Å². The number of rotatable bonds is 8. The van der Waals surface area contributed by atoms with E-state index in [0.29, 0.717) is 30.4 Å². The summed E-state index contributed by atoms with van der Waals surface area (Å²) >= 11 is 0. The molecule has 0 saturated heterocycles. The first-order valence-corrected chi connectivity index (χ1v) is 7.19. The number of nitrogens with zero attached hydrogens (tertiary/aromatic N) is 3. The summed E-state index contributed by atoms with van der Waals surface area (Å²) in [6.45, 7) is 12.3. The van der Waals surface area contributed by atoms with Crippen LogP contribution in [0, 0.1) is 11.3 Å². The van der Waals surface area contributed by atoms with Crippen LogP contribution in [0.4, 0.5) is 11.9 Å². The highest BCUT2D eigenvalue weighted by atomic mass is 16.5. The van der Waals surface area contributed by atoms with Gasteiger partial charge in [0.05, 0.1) is 6.61 Å². The number of aromatic nitrogens is 3. The van der Waals surface area contributed by atoms with E-state index in [4.69, 9.17) is 4.74 Å². The van der Waals surface area contributed by atoms with Crippen molar-refractivity contribution in [2.45, 2.75) is 41.0 Å². The van der Waals surface area contributed by atoms with Gasteiger partial charge in [-0.2, -0.15) is 15.0 Å². The largest absolute Gasteiger partial charge is 0.463 e. The third kappa shape index (κ3) is 4.83. The summed E-state index contributed by atoms with van der Waals surface area (Å²) in [6.07, 6.45) is 0.920. The molecular formula is C14H27N5O. The maximum atomic E-state index is 5.48. The zero-order chi connectivity index (χ0) is 15.2. The van der Waals surface area contributed by atoms with Gasteiger partial charge in [0.25, 0.3) is 0 Å². The third-order valence-corrected chi connectivity index (χ3v) is 3.54. The molecule has 0 amide bonds. The Morgan fingerprint density at radius 1 is 1.15 bits per heavy atom. The minimum atomic E-state index is 0.164. The number of anilines is 2. The molecule has 0 aromatic carbocycles. The van der Waals surface area contributed by atoms with E-state index in [9.17, 15) is 0 Å². The summed E-state index contributed by atoms with van der Waals surface area (Å²) in [6, 6.07) is 0.357. The van der Waals surface area contributed by atoms with Crippen molar-refractivity contribution in [1.29, 1.82) is 0 Å². The highest BCUT2D eigenvalue weighted by Crippen LogP contribution is 2.26. The molecule has 0 saturated carbocycles. The smallest absolute Gasteiger partial charge is 0.323 e. The fraction of sp³-hybridized carbons (Fsp3) is 0.786. The Bertz CT molecular complexity index is 420. The summed E-state index contributed by atoms with van der Waals surface area (Å²) in [5.41, 5.74) is 0.164. The Kier molecular flexibility index (Phi) is 5.98. The van der Waals surface area contributed by atoms with Crippen molar-refractivity contribution in [3.63, 3.8) is 0 Å². The molecule has 0 fully saturated rings. The first-order valence-electron chi connectivity index (χ1n) is 7.19. The van der Waals surface area contributed by atoms with E-state index in [2.05, 4.69) is 53.3 Å². The highest BCUT2D eigenvalue weighted by molar-refractivity contribution is 5.35. The topological polar surface area (TPSA) is 72.0 Å². The maximum absolute atomic E-state index is 5.48. The Morgan fingerprint density at radius 3 is 2.35 bits per heavy atom. The second-order valence-corrected chi connectivity index (χ2v) is 5.86. The molecule has 0 atom stereocenters. The van der Waals surface area contributed by atoms with Crippen LogP contribution in [0.5, 0.6) is 6.01 Å². The van der Waals surface area contributed by atoms with E-state index in [1.165, 1.54) is 0 Å². The maximum Gasteiger partial charge on any atom is 0.323 e. The van der Waals surface area contributed by atoms with E-state index < -0.39 is 0 Å². The lowest BCUT2D eigenvalue weighted by molar-refractivity contribution is 0.268. The summed E-state index contributed by atoms with van der Waals surface area (Å²) in [4.78, 5) is 12.8. The number of ether oxygens (including phenoxy) is 1. The Hall–Kier alpha value is -1.59. The number of nitrogens with one attached hydrogen (secondary N) is 2. The molecule has 0 aliphatic carbocycles. The average Bonchev–Trinajstić information content (AvgIpc) is 2.42. The van der Waals surface area contributed by atoms with Crippen molar-refractivity contribution < 1.29 is 4.74 Å². The predicted molar refractivity (Wildman–Crippen MR) is 82.3 cm³/mol. The van der Waals surface area contributed by atoms with E-state index >= 15 is 0 Å². The van der Waals surface area contributed by atoms with Crippen LogP contribution < -0.4 is 15.4 Å². The summed E-state index contributed by atoms with van der Waals surface area (Å²) in [5, 5.41) is 6.20. The van der Waals surface area contributed by atoms with Crippen molar-refractivity contribution in [3.05, 3.63) is 0 Å². The summed E-state index contributed by atoms with van der Waals surface area (Å²) < 4.78 is 5.48. The molecule has 1 rings (SSSR count). The lowest BCUT2D eigenvalue weighted by atomic mass is 9.81. The van der Waals surface area contributed by atoms with Gasteiger partial charge >= 0.3 is 6.01 Å². The fourth-order valence-corrected chi connectivity index (χ4v) is 1.32. The van der Waals surface area contributed by atoms with Gasteiger partial charge in [-0.3, -0.25) is 0 Å². The van der Waals surface area contributed by atoms with Crippen LogP contribution in [-0.2, 0) is 0 Å². The second kappa shape index (κ2) is 7.26. The Morgan fingerprint density at radius 2 is 1.80 bits per heavy atom. The summed E-state index contributed by atoms with van der Waals surface area (Å²) in [5.74, 6) is 1.62. The molecule has 0 spiro atoms. The van der Waals surface area contributed by atoms with Gasteiger partial charge < -0.3 is 15.4 Å². The minimum absolute atomic E-state index is 0.164. The lowest BCUT2D eigenvalue weighted by Crippen LogP contribution is -2.29. The highest BCUT2D eigenvalue weighted by Gasteiger charge is 2.22. The van der Waals surface area contributed by atoms with Gasteiger partial charge in [0.15, 0.2) is 0 Å². The van der Waals surface area contributed by atoms with Crippen molar-refractivity contribution in [3.8, 4) is 6.01 Å². The third-order valence-electron chi connectivity index (χ3n) is 3.54. The van der Waals surface area contributed by atoms with Crippen molar-refractivity contribution in [1.82, 2.24) is 15.0 Å². The van der Waals surface area contributed by atoms with Crippen LogP contribution in [0.25, 0.3) is 0 Å². The Labute approximate surface area is 121 Å². The monoisotopic (exact) mass is 281 g/mol. The lowest BCUT2D eigenvalue weighted by Gasteiger charge is -2.29.